The Balaban J connectivity index is 1.64. The Morgan fingerprint density at radius 1 is 0.889 bits per heavy atom. The molecule has 3 atom stereocenters. The van der Waals surface area contributed by atoms with Gasteiger partial charge in [-0.2, -0.15) is 0 Å². The first-order valence-electron chi connectivity index (χ1n) is 12.4. The van der Waals surface area contributed by atoms with Crippen LogP contribution in [0.15, 0.2) is 72.4 Å². The number of carbonyl (C=O) groups excluding carboxylic acids is 2. The highest BCUT2D eigenvalue weighted by atomic mass is 32.1. The summed E-state index contributed by atoms with van der Waals surface area (Å²) in [6.45, 7) is 4.05. The van der Waals surface area contributed by atoms with Crippen LogP contribution in [0.25, 0.3) is 0 Å². The van der Waals surface area contributed by atoms with Crippen LogP contribution in [0.5, 0.6) is 0 Å². The fraction of sp³-hybridized carbons (Fsp3) is 0.393. The zero-order chi connectivity index (χ0) is 25.6. The van der Waals surface area contributed by atoms with Gasteiger partial charge >= 0.3 is 12.2 Å². The molecule has 8 heteroatoms. The molecule has 1 heterocycles. The first-order chi connectivity index (χ1) is 17.5. The molecule has 2 N–H and O–H groups in total. The number of rotatable bonds is 13. The smallest absolute Gasteiger partial charge is 0.407 e. The van der Waals surface area contributed by atoms with E-state index in [1.165, 1.54) is 11.3 Å². The van der Waals surface area contributed by atoms with E-state index in [0.29, 0.717) is 25.7 Å². The van der Waals surface area contributed by atoms with Gasteiger partial charge in [-0.25, -0.2) is 9.59 Å². The molecule has 0 spiro atoms. The van der Waals surface area contributed by atoms with Gasteiger partial charge in [-0.15, -0.1) is 11.3 Å². The SMILES string of the molecule is CCC(C)OC(=O)NC(CCC(Cc1ccccc1)NC(=O)OCc1cncs1)Cc1ccccc1. The van der Waals surface area contributed by atoms with Crippen LogP contribution in [0.1, 0.15) is 49.1 Å². The molecule has 2 amide bonds. The third-order valence-electron chi connectivity index (χ3n) is 5.87. The van der Waals surface area contributed by atoms with Crippen molar-refractivity contribution in [3.63, 3.8) is 0 Å². The lowest BCUT2D eigenvalue weighted by atomic mass is 9.96. The second kappa shape index (κ2) is 14.9. The van der Waals surface area contributed by atoms with Gasteiger partial charge in [0.1, 0.15) is 12.7 Å². The number of hydrogen-bond donors (Lipinski definition) is 2. The predicted octanol–water partition coefficient (Wildman–Crippen LogP) is 5.90. The molecule has 192 valence electrons. The summed E-state index contributed by atoms with van der Waals surface area (Å²) >= 11 is 1.44. The van der Waals surface area contributed by atoms with Crippen molar-refractivity contribution in [1.82, 2.24) is 15.6 Å². The number of alkyl carbamates (subject to hydrolysis) is 2. The fourth-order valence-electron chi connectivity index (χ4n) is 3.78. The summed E-state index contributed by atoms with van der Waals surface area (Å²) in [6.07, 6.45) is 4.07. The summed E-state index contributed by atoms with van der Waals surface area (Å²) in [7, 11) is 0. The Bertz CT molecular complexity index is 1030. The van der Waals surface area contributed by atoms with Crippen molar-refractivity contribution in [2.75, 3.05) is 0 Å². The van der Waals surface area contributed by atoms with E-state index in [0.717, 1.165) is 22.4 Å². The Morgan fingerprint density at radius 2 is 1.44 bits per heavy atom. The van der Waals surface area contributed by atoms with E-state index >= 15 is 0 Å². The third kappa shape index (κ3) is 10.1. The predicted molar refractivity (Wildman–Crippen MR) is 142 cm³/mol. The number of nitrogens with one attached hydrogen (secondary N) is 2. The van der Waals surface area contributed by atoms with E-state index in [1.54, 1.807) is 11.7 Å². The van der Waals surface area contributed by atoms with Crippen molar-refractivity contribution >= 4 is 23.5 Å². The van der Waals surface area contributed by atoms with Gasteiger partial charge in [0.2, 0.25) is 0 Å². The van der Waals surface area contributed by atoms with Gasteiger partial charge in [0, 0.05) is 18.3 Å². The van der Waals surface area contributed by atoms with E-state index < -0.39 is 12.2 Å². The maximum atomic E-state index is 12.6. The zero-order valence-electron chi connectivity index (χ0n) is 20.9. The van der Waals surface area contributed by atoms with E-state index in [1.807, 2.05) is 74.5 Å². The summed E-state index contributed by atoms with van der Waals surface area (Å²) < 4.78 is 10.9. The molecule has 0 aliphatic rings. The lowest BCUT2D eigenvalue weighted by Crippen LogP contribution is -2.41. The highest BCUT2D eigenvalue weighted by molar-refractivity contribution is 7.09. The van der Waals surface area contributed by atoms with E-state index in [9.17, 15) is 9.59 Å². The number of benzene rings is 2. The van der Waals surface area contributed by atoms with E-state index in [2.05, 4.69) is 15.6 Å². The van der Waals surface area contributed by atoms with Crippen LogP contribution >= 0.6 is 11.3 Å². The quantitative estimate of drug-likeness (QED) is 0.300. The number of ether oxygens (including phenoxy) is 2. The van der Waals surface area contributed by atoms with Crippen molar-refractivity contribution in [2.45, 2.75) is 70.7 Å². The molecular weight excluding hydrogens is 474 g/mol. The molecule has 1 aromatic heterocycles. The molecule has 0 aliphatic carbocycles. The number of hydrogen-bond acceptors (Lipinski definition) is 6. The largest absolute Gasteiger partial charge is 0.447 e. The topological polar surface area (TPSA) is 89.6 Å². The van der Waals surface area contributed by atoms with Gasteiger partial charge < -0.3 is 20.1 Å². The van der Waals surface area contributed by atoms with Gasteiger partial charge in [0.05, 0.1) is 10.4 Å². The van der Waals surface area contributed by atoms with Crippen LogP contribution in [-0.4, -0.2) is 35.4 Å². The Morgan fingerprint density at radius 3 is 1.94 bits per heavy atom. The summed E-state index contributed by atoms with van der Waals surface area (Å²) in [4.78, 5) is 30.0. The van der Waals surface area contributed by atoms with Crippen LogP contribution < -0.4 is 10.6 Å². The molecule has 0 aliphatic heterocycles. The van der Waals surface area contributed by atoms with Gasteiger partial charge in [-0.3, -0.25) is 4.98 Å². The Kier molecular flexibility index (Phi) is 11.2. The molecule has 7 nitrogen and oxygen atoms in total. The van der Waals surface area contributed by atoms with Gasteiger partial charge in [0.15, 0.2) is 0 Å². The van der Waals surface area contributed by atoms with E-state index in [-0.39, 0.29) is 24.8 Å². The van der Waals surface area contributed by atoms with Gasteiger partial charge in [-0.1, -0.05) is 67.6 Å². The minimum absolute atomic E-state index is 0.141. The van der Waals surface area contributed by atoms with Crippen molar-refractivity contribution in [3.8, 4) is 0 Å². The Hall–Kier alpha value is -3.39. The first-order valence-corrected chi connectivity index (χ1v) is 13.3. The highest BCUT2D eigenvalue weighted by Gasteiger charge is 2.20. The summed E-state index contributed by atoms with van der Waals surface area (Å²) in [5.41, 5.74) is 3.96. The zero-order valence-corrected chi connectivity index (χ0v) is 21.7. The first kappa shape index (κ1) is 27.2. The molecule has 36 heavy (non-hydrogen) atoms. The van der Waals surface area contributed by atoms with Crippen molar-refractivity contribution in [1.29, 1.82) is 0 Å². The molecule has 0 radical (unpaired) electrons. The molecule has 3 rings (SSSR count). The van der Waals surface area contributed by atoms with Crippen LogP contribution in [0, 0.1) is 0 Å². The minimum atomic E-state index is -0.465. The Labute approximate surface area is 217 Å². The van der Waals surface area contributed by atoms with Gasteiger partial charge in [0.25, 0.3) is 0 Å². The second-order valence-corrected chi connectivity index (χ2v) is 9.78. The molecular formula is C28H35N3O4S. The van der Waals surface area contributed by atoms with Crippen LogP contribution in [0.3, 0.4) is 0 Å². The number of carbonyl (C=O) groups is 2. The maximum absolute atomic E-state index is 12.6. The van der Waals surface area contributed by atoms with Crippen molar-refractivity contribution < 1.29 is 19.1 Å². The molecule has 0 saturated heterocycles. The number of amides is 2. The standard InChI is InChI=1S/C28H35N3O4S/c1-3-21(2)35-28(33)31-25(17-23-12-8-5-9-13-23)15-14-24(16-22-10-6-4-7-11-22)30-27(32)34-19-26-18-29-20-36-26/h4-13,18,20-21,24-25H,3,14-17,19H2,1-2H3,(H,30,32)(H,31,33). The molecule has 0 bridgehead atoms. The average Bonchev–Trinajstić information content (AvgIpc) is 3.41. The lowest BCUT2D eigenvalue weighted by molar-refractivity contribution is 0.101. The molecule has 2 aromatic carbocycles. The number of thiazole rings is 1. The second-order valence-electron chi connectivity index (χ2n) is 8.81. The average molecular weight is 510 g/mol. The monoisotopic (exact) mass is 509 g/mol. The molecule has 3 unspecified atom stereocenters. The van der Waals surface area contributed by atoms with Crippen molar-refractivity contribution in [2.24, 2.45) is 0 Å². The van der Waals surface area contributed by atoms with E-state index in [4.69, 9.17) is 9.47 Å². The number of nitrogens with zero attached hydrogens (tertiary/aromatic N) is 1. The fourth-order valence-corrected chi connectivity index (χ4v) is 4.28. The molecule has 0 saturated carbocycles. The normalized spacial score (nSPS) is 13.3. The summed E-state index contributed by atoms with van der Waals surface area (Å²) in [6, 6.07) is 19.8. The van der Waals surface area contributed by atoms with Crippen LogP contribution in [0.2, 0.25) is 0 Å². The van der Waals surface area contributed by atoms with Gasteiger partial charge in [-0.05, 0) is 50.2 Å². The lowest BCUT2D eigenvalue weighted by Gasteiger charge is -2.24. The molecule has 3 aromatic rings. The third-order valence-corrected chi connectivity index (χ3v) is 6.62. The van der Waals surface area contributed by atoms with Crippen molar-refractivity contribution in [3.05, 3.63) is 88.4 Å². The van der Waals surface area contributed by atoms with Crippen LogP contribution in [0.4, 0.5) is 9.59 Å². The van der Waals surface area contributed by atoms with Crippen LogP contribution in [-0.2, 0) is 28.9 Å². The highest BCUT2D eigenvalue weighted by Crippen LogP contribution is 2.14. The number of aromatic nitrogens is 1. The maximum Gasteiger partial charge on any atom is 0.407 e. The minimum Gasteiger partial charge on any atom is -0.447 e. The summed E-state index contributed by atoms with van der Waals surface area (Å²) in [5.74, 6) is 0. The summed E-state index contributed by atoms with van der Waals surface area (Å²) in [5, 5.41) is 6.06. The molecule has 0 fully saturated rings.